The molecule has 2 aliphatic heterocycles. The van der Waals surface area contributed by atoms with Crippen molar-refractivity contribution in [1.82, 2.24) is 9.80 Å². The molecule has 0 saturated carbocycles. The van der Waals surface area contributed by atoms with Crippen LogP contribution in [-0.4, -0.2) is 66.2 Å². The topological polar surface area (TPSA) is 76.2 Å². The van der Waals surface area contributed by atoms with Gasteiger partial charge >= 0.3 is 12.2 Å². The number of piperidine rings is 2. The summed E-state index contributed by atoms with van der Waals surface area (Å²) in [6, 6.07) is 0. The quantitative estimate of drug-likeness (QED) is 0.722. The number of amides is 2. The summed E-state index contributed by atoms with van der Waals surface area (Å²) in [7, 11) is 0. The molecule has 0 N–H and O–H groups in total. The van der Waals surface area contributed by atoms with Crippen LogP contribution in [0.1, 0.15) is 20.8 Å². The zero-order chi connectivity index (χ0) is 17.2. The van der Waals surface area contributed by atoms with Crippen LogP contribution in [0.2, 0.25) is 0 Å². The molecule has 0 radical (unpaired) electrons. The number of Topliss-reactive ketones (excluding diaryl/α,β-unsaturated/α-hetero) is 1. The van der Waals surface area contributed by atoms with Crippen LogP contribution in [0.15, 0.2) is 12.7 Å². The largest absolute Gasteiger partial charge is 0.445 e. The van der Waals surface area contributed by atoms with Crippen molar-refractivity contribution < 1.29 is 23.9 Å². The zero-order valence-corrected chi connectivity index (χ0v) is 13.9. The van der Waals surface area contributed by atoms with Crippen molar-refractivity contribution in [1.29, 1.82) is 0 Å². The van der Waals surface area contributed by atoms with Gasteiger partial charge in [-0.3, -0.25) is 4.79 Å². The number of rotatable bonds is 2. The van der Waals surface area contributed by atoms with Gasteiger partial charge in [-0.1, -0.05) is 12.7 Å². The fraction of sp³-hybridized carbons (Fsp3) is 0.688. The van der Waals surface area contributed by atoms with E-state index in [0.29, 0.717) is 0 Å². The average Bonchev–Trinajstić information content (AvgIpc) is 2.42. The molecular weight excluding hydrogens is 300 g/mol. The highest BCUT2D eigenvalue weighted by molar-refractivity contribution is 5.88. The first-order valence-electron chi connectivity index (χ1n) is 7.75. The monoisotopic (exact) mass is 324 g/mol. The van der Waals surface area contributed by atoms with Crippen LogP contribution < -0.4 is 0 Å². The normalized spacial score (nSPS) is 24.2. The van der Waals surface area contributed by atoms with E-state index in [9.17, 15) is 14.4 Å². The van der Waals surface area contributed by atoms with E-state index in [0.717, 1.165) is 0 Å². The maximum atomic E-state index is 12.3. The lowest BCUT2D eigenvalue weighted by molar-refractivity contribution is -0.136. The van der Waals surface area contributed by atoms with Crippen molar-refractivity contribution in [2.45, 2.75) is 26.4 Å². The molecule has 128 valence electrons. The van der Waals surface area contributed by atoms with Crippen LogP contribution in [0.5, 0.6) is 0 Å². The van der Waals surface area contributed by atoms with E-state index in [4.69, 9.17) is 9.47 Å². The van der Waals surface area contributed by atoms with Gasteiger partial charge in [0.05, 0.1) is 11.8 Å². The van der Waals surface area contributed by atoms with E-state index >= 15 is 0 Å². The number of hydrogen-bond acceptors (Lipinski definition) is 5. The Morgan fingerprint density at radius 2 is 1.61 bits per heavy atom. The van der Waals surface area contributed by atoms with Gasteiger partial charge in [0.2, 0.25) is 0 Å². The molecule has 0 aromatic carbocycles. The van der Waals surface area contributed by atoms with Gasteiger partial charge in [-0.15, -0.1) is 0 Å². The van der Waals surface area contributed by atoms with Gasteiger partial charge in [0.25, 0.3) is 0 Å². The minimum absolute atomic E-state index is 0.109. The number of carbonyl (C=O) groups excluding carboxylic acids is 3. The minimum Gasteiger partial charge on any atom is -0.445 e. The number of carbonyl (C=O) groups is 3. The Morgan fingerprint density at radius 3 is 2.04 bits per heavy atom. The molecule has 2 heterocycles. The van der Waals surface area contributed by atoms with Crippen LogP contribution in [0.25, 0.3) is 0 Å². The third-order valence-corrected chi connectivity index (χ3v) is 3.80. The van der Waals surface area contributed by atoms with Gasteiger partial charge in [-0.2, -0.15) is 0 Å². The van der Waals surface area contributed by atoms with E-state index in [2.05, 4.69) is 6.58 Å². The van der Waals surface area contributed by atoms with Gasteiger partial charge in [-0.25, -0.2) is 9.59 Å². The van der Waals surface area contributed by atoms with Crippen molar-refractivity contribution in [2.75, 3.05) is 32.8 Å². The third kappa shape index (κ3) is 4.24. The van der Waals surface area contributed by atoms with Gasteiger partial charge in [0, 0.05) is 26.2 Å². The highest BCUT2D eigenvalue weighted by Crippen LogP contribution is 2.27. The third-order valence-electron chi connectivity index (χ3n) is 3.80. The highest BCUT2D eigenvalue weighted by atomic mass is 16.6. The second-order valence-corrected chi connectivity index (χ2v) is 6.95. The molecule has 0 aromatic rings. The first-order valence-corrected chi connectivity index (χ1v) is 7.75. The van der Waals surface area contributed by atoms with Crippen molar-refractivity contribution in [3.8, 4) is 0 Å². The summed E-state index contributed by atoms with van der Waals surface area (Å²) in [6.45, 7) is 10.1. The number of likely N-dealkylation sites (tertiary alicyclic amines) is 2. The molecule has 2 fully saturated rings. The average molecular weight is 324 g/mol. The maximum Gasteiger partial charge on any atom is 0.410 e. The molecule has 2 aliphatic rings. The van der Waals surface area contributed by atoms with Crippen LogP contribution in [0, 0.1) is 11.8 Å². The lowest BCUT2D eigenvalue weighted by atomic mass is 9.83. The van der Waals surface area contributed by atoms with Crippen molar-refractivity contribution >= 4 is 18.0 Å². The lowest BCUT2D eigenvalue weighted by Crippen LogP contribution is -2.60. The van der Waals surface area contributed by atoms with Gasteiger partial charge < -0.3 is 19.3 Å². The predicted molar refractivity (Wildman–Crippen MR) is 82.9 cm³/mol. The molecule has 2 bridgehead atoms. The first-order chi connectivity index (χ1) is 10.7. The number of hydrogen-bond donors (Lipinski definition) is 0. The summed E-state index contributed by atoms with van der Waals surface area (Å²) in [5, 5.41) is 0. The fourth-order valence-electron chi connectivity index (χ4n) is 2.87. The van der Waals surface area contributed by atoms with Crippen molar-refractivity contribution in [3.63, 3.8) is 0 Å². The smallest absolute Gasteiger partial charge is 0.410 e. The van der Waals surface area contributed by atoms with Crippen LogP contribution in [0.3, 0.4) is 0 Å². The summed E-state index contributed by atoms with van der Waals surface area (Å²) in [4.78, 5) is 39.5. The van der Waals surface area contributed by atoms with Crippen LogP contribution in [-0.2, 0) is 14.3 Å². The highest BCUT2D eigenvalue weighted by Gasteiger charge is 2.44. The Bertz CT molecular complexity index is 493. The summed E-state index contributed by atoms with van der Waals surface area (Å²) < 4.78 is 10.4. The Kier molecular flexibility index (Phi) is 4.97. The molecule has 2 atom stereocenters. The van der Waals surface area contributed by atoms with E-state index in [-0.39, 0.29) is 50.4 Å². The molecule has 2 saturated heterocycles. The number of ketones is 1. The number of nitrogens with zero attached hydrogens (tertiary/aromatic N) is 2. The number of fused-ring (bicyclic) bond motifs is 2. The summed E-state index contributed by atoms with van der Waals surface area (Å²) in [6.07, 6.45) is 0.638. The molecule has 0 aromatic heterocycles. The predicted octanol–water partition coefficient (Wildman–Crippen LogP) is 1.68. The lowest BCUT2D eigenvalue weighted by Gasteiger charge is -2.44. The minimum atomic E-state index is -0.575. The van der Waals surface area contributed by atoms with E-state index in [1.165, 1.54) is 11.0 Å². The van der Waals surface area contributed by atoms with Gasteiger partial charge in [-0.05, 0) is 20.8 Å². The zero-order valence-electron chi connectivity index (χ0n) is 13.9. The Hall–Kier alpha value is -2.05. The Balaban J connectivity index is 1.99. The van der Waals surface area contributed by atoms with Crippen LogP contribution >= 0.6 is 0 Å². The second-order valence-electron chi connectivity index (χ2n) is 6.95. The molecular formula is C16H24N2O5. The standard InChI is InChI=1S/C16H24N2O5/c1-5-6-22-14(20)17-7-11-9-18(10-12(8-17)13(11)19)15(21)23-16(2,3)4/h5,11-12H,1,6-10H2,2-4H3. The molecule has 2 rings (SSSR count). The summed E-state index contributed by atoms with van der Waals surface area (Å²) >= 11 is 0. The molecule has 0 spiro atoms. The van der Waals surface area contributed by atoms with E-state index in [1.54, 1.807) is 25.7 Å². The molecule has 2 unspecified atom stereocenters. The molecule has 23 heavy (non-hydrogen) atoms. The van der Waals surface area contributed by atoms with Gasteiger partial charge in [0.15, 0.2) is 0 Å². The maximum absolute atomic E-state index is 12.3. The Morgan fingerprint density at radius 1 is 1.13 bits per heavy atom. The fourth-order valence-corrected chi connectivity index (χ4v) is 2.87. The molecule has 2 amide bonds. The van der Waals surface area contributed by atoms with Crippen molar-refractivity contribution in [3.05, 3.63) is 12.7 Å². The summed E-state index contributed by atoms with van der Waals surface area (Å²) in [5.74, 6) is -0.657. The summed E-state index contributed by atoms with van der Waals surface area (Å²) in [5.41, 5.74) is -0.575. The second kappa shape index (κ2) is 6.60. The number of ether oxygens (including phenoxy) is 2. The first kappa shape index (κ1) is 17.3. The molecule has 7 heteroatoms. The van der Waals surface area contributed by atoms with E-state index < -0.39 is 17.8 Å². The molecule has 7 nitrogen and oxygen atoms in total. The van der Waals surface area contributed by atoms with Gasteiger partial charge in [0.1, 0.15) is 18.0 Å². The van der Waals surface area contributed by atoms with Crippen molar-refractivity contribution in [2.24, 2.45) is 11.8 Å². The SMILES string of the molecule is C=CCOC(=O)N1CC2CN(C(=O)OC(C)(C)C)CC(C1)C2=O. The van der Waals surface area contributed by atoms with Crippen LogP contribution in [0.4, 0.5) is 9.59 Å². The Labute approximate surface area is 136 Å². The molecule has 0 aliphatic carbocycles. The van der Waals surface area contributed by atoms with E-state index in [1.807, 2.05) is 0 Å².